The van der Waals surface area contributed by atoms with Gasteiger partial charge in [0.05, 0.1) is 7.05 Å². The average Bonchev–Trinajstić information content (AvgIpc) is 2.18. The lowest BCUT2D eigenvalue weighted by Crippen LogP contribution is -2.12. The van der Waals surface area contributed by atoms with E-state index in [2.05, 4.69) is 22.4 Å². The summed E-state index contributed by atoms with van der Waals surface area (Å²) in [5.41, 5.74) is 9.00. The van der Waals surface area contributed by atoms with Crippen LogP contribution in [-0.4, -0.2) is 12.9 Å². The second kappa shape index (κ2) is 4.50. The summed E-state index contributed by atoms with van der Waals surface area (Å²) in [6, 6.07) is 5.92. The molecule has 0 saturated carbocycles. The highest BCUT2D eigenvalue weighted by Gasteiger charge is 1.99. The molecule has 74 valence electrons. The Hall–Kier alpha value is -1.71. The minimum Gasteiger partial charge on any atom is -0.382 e. The SMILES string of the molecule is CN=NN=C(N)c1ccc(C)c(C)c1. The Labute approximate surface area is 83.5 Å². The first-order valence-electron chi connectivity index (χ1n) is 4.35. The van der Waals surface area contributed by atoms with Gasteiger partial charge in [0, 0.05) is 5.56 Å². The zero-order valence-corrected chi connectivity index (χ0v) is 8.65. The van der Waals surface area contributed by atoms with Crippen LogP contribution in [0.3, 0.4) is 0 Å². The van der Waals surface area contributed by atoms with Crippen LogP contribution >= 0.6 is 0 Å². The summed E-state index contributed by atoms with van der Waals surface area (Å²) in [5, 5.41) is 10.7. The lowest BCUT2D eigenvalue weighted by atomic mass is 10.1. The molecule has 0 spiro atoms. The van der Waals surface area contributed by atoms with Crippen molar-refractivity contribution >= 4 is 5.84 Å². The Kier molecular flexibility index (Phi) is 3.34. The number of hydrogen-bond acceptors (Lipinski definition) is 2. The topological polar surface area (TPSA) is 63.1 Å². The number of hydrogen-bond donors (Lipinski definition) is 1. The van der Waals surface area contributed by atoms with Crippen molar-refractivity contribution < 1.29 is 0 Å². The molecular formula is C10H14N4. The van der Waals surface area contributed by atoms with E-state index < -0.39 is 0 Å². The number of rotatable bonds is 2. The number of benzene rings is 1. The summed E-state index contributed by atoms with van der Waals surface area (Å²) in [6.07, 6.45) is 0. The van der Waals surface area contributed by atoms with E-state index in [1.807, 2.05) is 25.1 Å². The lowest BCUT2D eigenvalue weighted by Gasteiger charge is -2.02. The predicted molar refractivity (Wildman–Crippen MR) is 57.4 cm³/mol. The quantitative estimate of drug-likeness (QED) is 0.329. The third-order valence-corrected chi connectivity index (χ3v) is 2.04. The fourth-order valence-electron chi connectivity index (χ4n) is 1.05. The summed E-state index contributed by atoms with van der Waals surface area (Å²) in [4.78, 5) is 0. The van der Waals surface area contributed by atoms with Crippen molar-refractivity contribution in [1.82, 2.24) is 0 Å². The van der Waals surface area contributed by atoms with E-state index in [0.29, 0.717) is 5.84 Å². The second-order valence-electron chi connectivity index (χ2n) is 3.07. The highest BCUT2D eigenvalue weighted by molar-refractivity contribution is 5.97. The number of amidine groups is 1. The van der Waals surface area contributed by atoms with Gasteiger partial charge in [-0.05, 0) is 36.3 Å². The van der Waals surface area contributed by atoms with E-state index in [1.54, 1.807) is 7.05 Å². The van der Waals surface area contributed by atoms with Gasteiger partial charge >= 0.3 is 0 Å². The molecule has 0 aliphatic rings. The maximum absolute atomic E-state index is 5.70. The summed E-state index contributed by atoms with van der Waals surface area (Å²) >= 11 is 0. The van der Waals surface area contributed by atoms with E-state index in [0.717, 1.165) is 5.56 Å². The van der Waals surface area contributed by atoms with E-state index >= 15 is 0 Å². The van der Waals surface area contributed by atoms with Crippen LogP contribution in [0.1, 0.15) is 16.7 Å². The molecule has 0 fully saturated rings. The molecule has 4 nitrogen and oxygen atoms in total. The van der Waals surface area contributed by atoms with Crippen molar-refractivity contribution in [3.63, 3.8) is 0 Å². The third kappa shape index (κ3) is 2.39. The molecule has 4 heteroatoms. The van der Waals surface area contributed by atoms with Crippen LogP contribution in [0.25, 0.3) is 0 Å². The van der Waals surface area contributed by atoms with Crippen molar-refractivity contribution in [1.29, 1.82) is 0 Å². The van der Waals surface area contributed by atoms with E-state index in [9.17, 15) is 0 Å². The molecular weight excluding hydrogens is 176 g/mol. The van der Waals surface area contributed by atoms with Gasteiger partial charge in [-0.3, -0.25) is 0 Å². The first-order valence-corrected chi connectivity index (χ1v) is 4.35. The molecule has 0 aliphatic carbocycles. The number of aryl methyl sites for hydroxylation is 2. The number of nitrogens with zero attached hydrogens (tertiary/aromatic N) is 3. The van der Waals surface area contributed by atoms with E-state index in [-0.39, 0.29) is 0 Å². The Bertz CT molecular complexity index is 380. The molecule has 0 saturated heterocycles. The maximum Gasteiger partial charge on any atom is 0.155 e. The maximum atomic E-state index is 5.70. The van der Waals surface area contributed by atoms with Crippen molar-refractivity contribution in [2.45, 2.75) is 13.8 Å². The van der Waals surface area contributed by atoms with Crippen molar-refractivity contribution in [2.75, 3.05) is 7.05 Å². The summed E-state index contributed by atoms with van der Waals surface area (Å²) in [6.45, 7) is 4.09. The summed E-state index contributed by atoms with van der Waals surface area (Å²) < 4.78 is 0. The molecule has 1 aromatic carbocycles. The summed E-state index contributed by atoms with van der Waals surface area (Å²) in [5.74, 6) is 0.388. The smallest absolute Gasteiger partial charge is 0.155 e. The van der Waals surface area contributed by atoms with Crippen LogP contribution in [0.4, 0.5) is 0 Å². The van der Waals surface area contributed by atoms with Gasteiger partial charge in [0.1, 0.15) is 0 Å². The predicted octanol–water partition coefficient (Wildman–Crippen LogP) is 2.01. The van der Waals surface area contributed by atoms with Gasteiger partial charge in [-0.25, -0.2) is 0 Å². The summed E-state index contributed by atoms with van der Waals surface area (Å²) in [7, 11) is 1.55. The highest BCUT2D eigenvalue weighted by atomic mass is 15.4. The van der Waals surface area contributed by atoms with Crippen molar-refractivity contribution in [2.24, 2.45) is 21.2 Å². The fraction of sp³-hybridized carbons (Fsp3) is 0.300. The molecule has 0 heterocycles. The van der Waals surface area contributed by atoms with Crippen LogP contribution in [-0.2, 0) is 0 Å². The van der Waals surface area contributed by atoms with Crippen LogP contribution in [0, 0.1) is 13.8 Å². The monoisotopic (exact) mass is 190 g/mol. The molecule has 0 aromatic heterocycles. The Morgan fingerprint density at radius 3 is 2.50 bits per heavy atom. The normalized spacial score (nSPS) is 12.4. The molecule has 0 atom stereocenters. The first kappa shape index (κ1) is 10.4. The van der Waals surface area contributed by atoms with Crippen molar-refractivity contribution in [3.8, 4) is 0 Å². The Balaban J connectivity index is 3.02. The highest BCUT2D eigenvalue weighted by Crippen LogP contribution is 2.09. The largest absolute Gasteiger partial charge is 0.382 e. The zero-order chi connectivity index (χ0) is 10.6. The average molecular weight is 190 g/mol. The Morgan fingerprint density at radius 1 is 1.21 bits per heavy atom. The fourth-order valence-corrected chi connectivity index (χ4v) is 1.05. The van der Waals surface area contributed by atoms with Crippen molar-refractivity contribution in [3.05, 3.63) is 34.9 Å². The standard InChI is InChI=1S/C10H14N4/c1-7-4-5-9(6-8(7)2)10(11)13-14-12-3/h4-6H,1-3H3,(H2,11,12,13). The molecule has 0 unspecified atom stereocenters. The molecule has 0 bridgehead atoms. The van der Waals surface area contributed by atoms with Crippen LogP contribution in [0.15, 0.2) is 33.6 Å². The molecule has 14 heavy (non-hydrogen) atoms. The minimum atomic E-state index is 0.388. The van der Waals surface area contributed by atoms with Crippen LogP contribution in [0.5, 0.6) is 0 Å². The van der Waals surface area contributed by atoms with E-state index in [4.69, 9.17) is 5.73 Å². The minimum absolute atomic E-state index is 0.388. The van der Waals surface area contributed by atoms with Gasteiger partial charge in [-0.1, -0.05) is 12.1 Å². The molecule has 1 rings (SSSR count). The lowest BCUT2D eigenvalue weighted by molar-refractivity contribution is 1.01. The van der Waals surface area contributed by atoms with Gasteiger partial charge in [0.2, 0.25) is 0 Å². The Morgan fingerprint density at radius 2 is 1.93 bits per heavy atom. The van der Waals surface area contributed by atoms with Gasteiger partial charge < -0.3 is 5.73 Å². The van der Waals surface area contributed by atoms with Crippen LogP contribution in [0.2, 0.25) is 0 Å². The van der Waals surface area contributed by atoms with Gasteiger partial charge in [0.25, 0.3) is 0 Å². The third-order valence-electron chi connectivity index (χ3n) is 2.04. The number of nitrogens with two attached hydrogens (primary N) is 1. The second-order valence-corrected chi connectivity index (χ2v) is 3.07. The molecule has 0 radical (unpaired) electrons. The molecule has 0 amide bonds. The van der Waals surface area contributed by atoms with Gasteiger partial charge in [-0.2, -0.15) is 5.11 Å². The van der Waals surface area contributed by atoms with Crippen LogP contribution < -0.4 is 5.73 Å². The first-order chi connectivity index (χ1) is 6.65. The zero-order valence-electron chi connectivity index (χ0n) is 8.65. The molecule has 0 aliphatic heterocycles. The molecule has 1 aromatic rings. The van der Waals surface area contributed by atoms with Gasteiger partial charge in [-0.15, -0.1) is 5.10 Å². The molecule has 2 N–H and O–H groups in total. The van der Waals surface area contributed by atoms with E-state index in [1.165, 1.54) is 11.1 Å². The van der Waals surface area contributed by atoms with Gasteiger partial charge in [0.15, 0.2) is 5.84 Å².